The van der Waals surface area contributed by atoms with Gasteiger partial charge in [0.15, 0.2) is 24.2 Å². The average molecular weight is 1420 g/mol. The molecule has 2 unspecified atom stereocenters. The highest BCUT2D eigenvalue weighted by Gasteiger charge is 2.51. The molecule has 0 amide bonds. The number of hydrogen-bond donors (Lipinski definition) is 0. The molecular formula is C104H75NSi3. The highest BCUT2D eigenvalue weighted by atomic mass is 28.3. The zero-order chi connectivity index (χ0) is 71.6. The zero-order valence-electron chi connectivity index (χ0n) is 59.7. The lowest BCUT2D eigenvalue weighted by Gasteiger charge is -2.46. The maximum Gasteiger partial charge on any atom is 0.179 e. The second-order valence-electron chi connectivity index (χ2n) is 29.1. The Balaban J connectivity index is 0.832. The SMILES string of the molecule is c1ccc([Si](c2ccccc2)(c2ccccc2)c2cccc(-c3cccc(-c4cccc([Si](c5ccccc5)(c5ccccc5)c5ccccc5)c4)c3-c3ccc4c(c3)c3ccccc3n4-c3cccc4c3C3c5ccccc5C4c4cccc([Si](c5ccccc5)(c5ccccc5)c5ccccc5)c43)c2)cc1. The van der Waals surface area contributed by atoms with Gasteiger partial charge < -0.3 is 4.57 Å². The van der Waals surface area contributed by atoms with Gasteiger partial charge in [-0.1, -0.05) is 419 Å². The van der Waals surface area contributed by atoms with Crippen LogP contribution in [0.2, 0.25) is 0 Å². The van der Waals surface area contributed by atoms with Crippen LogP contribution in [0.5, 0.6) is 0 Å². The molecule has 3 aliphatic carbocycles. The molecule has 4 heteroatoms. The maximum atomic E-state index is 2.64. The summed E-state index contributed by atoms with van der Waals surface area (Å²) in [5, 5.41) is 18.7. The predicted molar refractivity (Wildman–Crippen MR) is 463 cm³/mol. The normalized spacial score (nSPS) is 13.7. The Morgan fingerprint density at radius 3 is 0.954 bits per heavy atom. The van der Waals surface area contributed by atoms with Crippen LogP contribution in [0.4, 0.5) is 0 Å². The Hall–Kier alpha value is -12.8. The Morgan fingerprint density at radius 2 is 0.519 bits per heavy atom. The molecule has 2 atom stereocenters. The molecule has 1 heterocycles. The summed E-state index contributed by atoms with van der Waals surface area (Å²) >= 11 is 0. The number of rotatable bonds is 16. The van der Waals surface area contributed by atoms with Gasteiger partial charge in [0.25, 0.3) is 0 Å². The van der Waals surface area contributed by atoms with Crippen LogP contribution in [0.15, 0.2) is 443 Å². The summed E-state index contributed by atoms with van der Waals surface area (Å²) < 4.78 is 2.64. The summed E-state index contributed by atoms with van der Waals surface area (Å²) in [4.78, 5) is 0. The van der Waals surface area contributed by atoms with Crippen LogP contribution in [-0.2, 0) is 0 Å². The quantitative estimate of drug-likeness (QED) is 0.0671. The van der Waals surface area contributed by atoms with E-state index in [-0.39, 0.29) is 11.8 Å². The standard InChI is InChI=1S/C104H75NSi3/c1-10-39-77(40-11-1)106(78-41-12-2-13-42-78,79-43-14-3-15-44-79)86-57-32-37-74(71-86)88-62-34-63-89(75-38-33-58-87(72-75)107(80-45-16-4-17-46-80,81-47-18-5-19-48-81)82-49-20-6-21-50-82)100(88)76-69-70-97-95(73-76)90-59-30-31-66-96(90)105(97)98-67-35-64-93-101-91-60-28-29-61-92(91)104(102(93)98)103-94(101)65-36-68-99(103)108(83-51-22-7-23-52-83,84-53-24-8-25-54-84)85-55-26-9-27-56-85/h1-73,101,104H. The monoisotopic (exact) mass is 1420 g/mol. The van der Waals surface area contributed by atoms with E-state index >= 15 is 0 Å². The van der Waals surface area contributed by atoms with E-state index in [0.29, 0.717) is 0 Å². The Kier molecular flexibility index (Phi) is 16.2. The zero-order valence-corrected chi connectivity index (χ0v) is 62.7. The van der Waals surface area contributed by atoms with Crippen molar-refractivity contribution in [1.82, 2.24) is 4.57 Å². The van der Waals surface area contributed by atoms with Gasteiger partial charge in [-0.15, -0.1) is 0 Å². The summed E-state index contributed by atoms with van der Waals surface area (Å²) in [6.45, 7) is 0. The molecule has 1 nitrogen and oxygen atoms in total. The van der Waals surface area contributed by atoms with Crippen molar-refractivity contribution in [3.8, 4) is 39.1 Å². The van der Waals surface area contributed by atoms with E-state index in [1.165, 1.54) is 151 Å². The summed E-state index contributed by atoms with van der Waals surface area (Å²) in [5.74, 6) is -0.0402. The highest BCUT2D eigenvalue weighted by molar-refractivity contribution is 7.21. The Morgan fingerprint density at radius 1 is 0.194 bits per heavy atom. The summed E-state index contributed by atoms with van der Waals surface area (Å²) in [7, 11) is -8.99. The van der Waals surface area contributed by atoms with Crippen LogP contribution < -0.4 is 62.2 Å². The first-order valence-electron chi connectivity index (χ1n) is 37.9. The molecule has 0 aliphatic heterocycles. The molecule has 18 aromatic rings. The molecule has 0 saturated carbocycles. The van der Waals surface area contributed by atoms with Gasteiger partial charge in [-0.3, -0.25) is 0 Å². The van der Waals surface area contributed by atoms with Crippen LogP contribution in [0.1, 0.15) is 45.2 Å². The number of fused-ring (bicyclic) bond motifs is 3. The van der Waals surface area contributed by atoms with E-state index < -0.39 is 24.2 Å². The molecular weight excluding hydrogens is 1350 g/mol. The first-order chi connectivity index (χ1) is 53.6. The van der Waals surface area contributed by atoms with E-state index in [2.05, 4.69) is 447 Å². The molecule has 1 aromatic heterocycles. The second-order valence-corrected chi connectivity index (χ2v) is 40.5. The van der Waals surface area contributed by atoms with Gasteiger partial charge in [0.1, 0.15) is 0 Å². The topological polar surface area (TPSA) is 4.93 Å². The van der Waals surface area contributed by atoms with Crippen molar-refractivity contribution >= 4 is 108 Å². The average Bonchev–Trinajstić information content (AvgIpc) is 0.898. The van der Waals surface area contributed by atoms with Crippen molar-refractivity contribution in [3.63, 3.8) is 0 Å². The Bertz CT molecular complexity index is 5870. The third-order valence-corrected chi connectivity index (χ3v) is 38.2. The molecule has 0 fully saturated rings. The molecule has 2 bridgehead atoms. The minimum absolute atomic E-state index is 0.0264. The molecule has 0 saturated heterocycles. The molecule has 21 rings (SSSR count). The number of hydrogen-bond acceptors (Lipinski definition) is 0. The minimum Gasteiger partial charge on any atom is -0.309 e. The van der Waals surface area contributed by atoms with Gasteiger partial charge in [-0.2, -0.15) is 0 Å². The summed E-state index contributed by atoms with van der Waals surface area (Å²) in [6.07, 6.45) is 0. The van der Waals surface area contributed by atoms with Crippen LogP contribution in [0.25, 0.3) is 60.9 Å². The fourth-order valence-corrected chi connectivity index (χ4v) is 34.2. The molecule has 3 aliphatic rings. The second kappa shape index (κ2) is 27.0. The maximum absolute atomic E-state index is 3.05. The molecule has 0 spiro atoms. The Labute approximate surface area is 635 Å². The lowest BCUT2D eigenvalue weighted by atomic mass is 9.60. The number of nitrogens with zero attached hydrogens (tertiary/aromatic N) is 1. The van der Waals surface area contributed by atoms with E-state index in [1.54, 1.807) is 0 Å². The molecule has 0 radical (unpaired) electrons. The van der Waals surface area contributed by atoms with Crippen LogP contribution in [0.3, 0.4) is 0 Å². The minimum atomic E-state index is -3.05. The third-order valence-electron chi connectivity index (χ3n) is 23.8. The first kappa shape index (κ1) is 64.8. The summed E-state index contributed by atoms with van der Waals surface area (Å²) in [6, 6.07) is 170. The van der Waals surface area contributed by atoms with E-state index in [0.717, 1.165) is 5.56 Å². The van der Waals surface area contributed by atoms with Crippen LogP contribution in [0, 0.1) is 0 Å². The number of benzene rings is 17. The molecule has 508 valence electrons. The van der Waals surface area contributed by atoms with Crippen molar-refractivity contribution in [2.75, 3.05) is 0 Å². The number of para-hydroxylation sites is 1. The largest absolute Gasteiger partial charge is 0.309 e. The summed E-state index contributed by atoms with van der Waals surface area (Å²) in [5.41, 5.74) is 19.1. The van der Waals surface area contributed by atoms with Gasteiger partial charge in [-0.05, 0) is 153 Å². The third kappa shape index (κ3) is 10.1. The lowest BCUT2D eigenvalue weighted by Crippen LogP contribution is -2.75. The van der Waals surface area contributed by atoms with Crippen LogP contribution in [-0.4, -0.2) is 28.8 Å². The fourth-order valence-electron chi connectivity index (χ4n) is 19.5. The van der Waals surface area contributed by atoms with Crippen molar-refractivity contribution in [1.29, 1.82) is 0 Å². The molecule has 0 N–H and O–H groups in total. The first-order valence-corrected chi connectivity index (χ1v) is 43.9. The molecule has 108 heavy (non-hydrogen) atoms. The number of aromatic nitrogens is 1. The van der Waals surface area contributed by atoms with Crippen molar-refractivity contribution in [3.05, 3.63) is 476 Å². The van der Waals surface area contributed by atoms with Crippen molar-refractivity contribution in [2.45, 2.75) is 11.8 Å². The van der Waals surface area contributed by atoms with Gasteiger partial charge in [-0.25, -0.2) is 0 Å². The van der Waals surface area contributed by atoms with Gasteiger partial charge in [0.2, 0.25) is 0 Å². The van der Waals surface area contributed by atoms with E-state index in [1.807, 2.05) is 0 Å². The smallest absolute Gasteiger partial charge is 0.179 e. The predicted octanol–water partition coefficient (Wildman–Crippen LogP) is 16.9. The lowest BCUT2D eigenvalue weighted by molar-refractivity contribution is 0.752. The van der Waals surface area contributed by atoms with E-state index in [4.69, 9.17) is 0 Å². The van der Waals surface area contributed by atoms with Crippen molar-refractivity contribution < 1.29 is 0 Å². The molecule has 17 aromatic carbocycles. The highest BCUT2D eigenvalue weighted by Crippen LogP contribution is 2.58. The van der Waals surface area contributed by atoms with E-state index in [9.17, 15) is 0 Å². The van der Waals surface area contributed by atoms with Crippen LogP contribution >= 0.6 is 0 Å². The van der Waals surface area contributed by atoms with Crippen molar-refractivity contribution in [2.24, 2.45) is 0 Å². The fraction of sp³-hybridized carbons (Fsp3) is 0.0192. The van der Waals surface area contributed by atoms with Gasteiger partial charge >= 0.3 is 0 Å². The van der Waals surface area contributed by atoms with Gasteiger partial charge in [0, 0.05) is 22.6 Å². The van der Waals surface area contributed by atoms with Gasteiger partial charge in [0.05, 0.1) is 16.7 Å².